The molecular formula is C20H31N3O2S. The van der Waals surface area contributed by atoms with Crippen molar-refractivity contribution in [1.82, 2.24) is 10.3 Å². The number of benzene rings is 1. The number of unbranched alkanes of at least 4 members (excludes halogenated alkanes) is 2. The topological polar surface area (TPSA) is 63.2 Å². The summed E-state index contributed by atoms with van der Waals surface area (Å²) in [5.74, 6) is 0.754. The molecule has 1 heterocycles. The lowest BCUT2D eigenvalue weighted by molar-refractivity contribution is -0.123. The van der Waals surface area contributed by atoms with E-state index in [1.54, 1.807) is 0 Å². The number of para-hydroxylation sites is 1. The number of fused-ring (bicyclic) bond motifs is 1. The van der Waals surface area contributed by atoms with Crippen LogP contribution < -0.4 is 15.4 Å². The molecule has 0 spiro atoms. The molecule has 0 fully saturated rings. The molecule has 0 saturated carbocycles. The monoisotopic (exact) mass is 377 g/mol. The zero-order chi connectivity index (χ0) is 19.2. The fraction of sp³-hybridized carbons (Fsp3) is 0.600. The van der Waals surface area contributed by atoms with Crippen LogP contribution in [-0.2, 0) is 4.79 Å². The number of hydrogen-bond donors (Lipinski definition) is 2. The smallest absolute Gasteiger partial charge is 0.231 e. The van der Waals surface area contributed by atoms with Gasteiger partial charge in [-0.2, -0.15) is 0 Å². The van der Waals surface area contributed by atoms with Gasteiger partial charge in [0.15, 0.2) is 5.13 Å². The maximum atomic E-state index is 12.2. The van der Waals surface area contributed by atoms with E-state index in [0.29, 0.717) is 17.8 Å². The molecule has 0 aliphatic rings. The van der Waals surface area contributed by atoms with Crippen molar-refractivity contribution in [3.63, 3.8) is 0 Å². The molecule has 26 heavy (non-hydrogen) atoms. The fourth-order valence-corrected chi connectivity index (χ4v) is 3.23. The second-order valence-electron chi connectivity index (χ2n) is 7.84. The van der Waals surface area contributed by atoms with E-state index in [0.717, 1.165) is 41.8 Å². The highest BCUT2D eigenvalue weighted by atomic mass is 32.1. The molecule has 1 aromatic carbocycles. The Hall–Kier alpha value is -1.66. The lowest BCUT2D eigenvalue weighted by Gasteiger charge is -2.15. The molecule has 6 heteroatoms. The summed E-state index contributed by atoms with van der Waals surface area (Å²) in [6.07, 6.45) is 3.32. The Labute approximate surface area is 160 Å². The third-order valence-corrected chi connectivity index (χ3v) is 4.85. The highest BCUT2D eigenvalue weighted by Crippen LogP contribution is 2.33. The van der Waals surface area contributed by atoms with Gasteiger partial charge >= 0.3 is 0 Å². The zero-order valence-electron chi connectivity index (χ0n) is 16.5. The van der Waals surface area contributed by atoms with Gasteiger partial charge < -0.3 is 15.4 Å². The summed E-state index contributed by atoms with van der Waals surface area (Å²) in [4.78, 5) is 16.7. The minimum absolute atomic E-state index is 0.0333. The summed E-state index contributed by atoms with van der Waals surface area (Å²) in [6.45, 7) is 11.7. The molecule has 0 bridgehead atoms. The van der Waals surface area contributed by atoms with Crippen LogP contribution in [0.2, 0.25) is 0 Å². The maximum Gasteiger partial charge on any atom is 0.231 e. The Bertz CT molecular complexity index is 719. The van der Waals surface area contributed by atoms with Crippen LogP contribution in [0.25, 0.3) is 10.2 Å². The van der Waals surface area contributed by atoms with Crippen LogP contribution in [0, 0.1) is 5.41 Å². The number of nitrogens with zero attached hydrogens (tertiary/aromatic N) is 1. The van der Waals surface area contributed by atoms with Gasteiger partial charge in [-0.05, 0) is 37.9 Å². The van der Waals surface area contributed by atoms with E-state index in [1.165, 1.54) is 11.3 Å². The minimum atomic E-state index is -0.443. The third-order valence-electron chi connectivity index (χ3n) is 3.91. The normalized spacial score (nSPS) is 11.9. The van der Waals surface area contributed by atoms with Crippen LogP contribution in [0.3, 0.4) is 0 Å². The van der Waals surface area contributed by atoms with Gasteiger partial charge in [-0.1, -0.05) is 52.0 Å². The summed E-state index contributed by atoms with van der Waals surface area (Å²) in [7, 11) is 0. The van der Waals surface area contributed by atoms with Crippen LogP contribution >= 0.6 is 11.3 Å². The summed E-state index contributed by atoms with van der Waals surface area (Å²) in [5, 5.41) is 6.95. The second-order valence-corrected chi connectivity index (χ2v) is 8.87. The fourth-order valence-electron chi connectivity index (χ4n) is 2.35. The summed E-state index contributed by atoms with van der Waals surface area (Å²) in [5.41, 5.74) is 0.380. The summed E-state index contributed by atoms with van der Waals surface area (Å²) in [6, 6.07) is 6.46. The lowest BCUT2D eigenvalue weighted by atomic mass is 9.96. The van der Waals surface area contributed by atoms with Gasteiger partial charge in [0.2, 0.25) is 5.91 Å². The molecule has 0 aliphatic carbocycles. The molecule has 0 aliphatic heterocycles. The Kier molecular flexibility index (Phi) is 7.41. The van der Waals surface area contributed by atoms with Gasteiger partial charge in [0.05, 0.1) is 11.3 Å². The molecule has 0 atom stereocenters. The number of ether oxygens (including phenoxy) is 1. The van der Waals surface area contributed by atoms with Gasteiger partial charge in [-0.3, -0.25) is 4.79 Å². The maximum absolute atomic E-state index is 12.2. The molecule has 1 aromatic heterocycles. The average Bonchev–Trinajstić information content (AvgIpc) is 2.96. The standard InChI is InChI=1S/C20H31N3O2S/c1-14(2)21-12-7-6-8-13-25-15-10-9-11-16-17(15)22-19(26-16)23-18(24)20(3,4)5/h9-11,14,21H,6-8,12-13H2,1-5H3,(H,22,23,24). The number of nitrogens with one attached hydrogen (secondary N) is 2. The van der Waals surface area contributed by atoms with Crippen molar-refractivity contribution in [2.24, 2.45) is 5.41 Å². The molecule has 0 saturated heterocycles. The van der Waals surface area contributed by atoms with E-state index in [1.807, 2.05) is 39.0 Å². The molecular weight excluding hydrogens is 346 g/mol. The van der Waals surface area contributed by atoms with Crippen molar-refractivity contribution < 1.29 is 9.53 Å². The van der Waals surface area contributed by atoms with E-state index in [4.69, 9.17) is 4.74 Å². The summed E-state index contributed by atoms with van der Waals surface area (Å²) < 4.78 is 6.96. The quantitative estimate of drug-likeness (QED) is 0.615. The molecule has 0 unspecified atom stereocenters. The molecule has 144 valence electrons. The molecule has 2 N–H and O–H groups in total. The third kappa shape index (κ3) is 6.25. The number of hydrogen-bond acceptors (Lipinski definition) is 5. The minimum Gasteiger partial charge on any atom is -0.491 e. The van der Waals surface area contributed by atoms with Gasteiger partial charge in [0.25, 0.3) is 0 Å². The number of carbonyl (C=O) groups excluding carboxylic acids is 1. The Morgan fingerprint density at radius 3 is 2.69 bits per heavy atom. The Morgan fingerprint density at radius 2 is 2.00 bits per heavy atom. The first-order chi connectivity index (χ1) is 12.3. The van der Waals surface area contributed by atoms with Crippen molar-refractivity contribution in [2.75, 3.05) is 18.5 Å². The van der Waals surface area contributed by atoms with Crippen molar-refractivity contribution in [1.29, 1.82) is 0 Å². The predicted molar refractivity (Wildman–Crippen MR) is 110 cm³/mol. The first-order valence-electron chi connectivity index (χ1n) is 9.34. The SMILES string of the molecule is CC(C)NCCCCCOc1cccc2sc(NC(=O)C(C)(C)C)nc12. The van der Waals surface area contributed by atoms with E-state index in [9.17, 15) is 4.79 Å². The van der Waals surface area contributed by atoms with E-state index >= 15 is 0 Å². The van der Waals surface area contributed by atoms with Gasteiger partial charge in [-0.15, -0.1) is 0 Å². The first kappa shape index (κ1) is 20.6. The highest BCUT2D eigenvalue weighted by Gasteiger charge is 2.22. The van der Waals surface area contributed by atoms with Gasteiger partial charge in [0, 0.05) is 11.5 Å². The van der Waals surface area contributed by atoms with Crippen molar-refractivity contribution >= 4 is 32.6 Å². The van der Waals surface area contributed by atoms with Crippen molar-refractivity contribution in [3.8, 4) is 5.75 Å². The average molecular weight is 378 g/mol. The first-order valence-corrected chi connectivity index (χ1v) is 10.2. The number of carbonyl (C=O) groups is 1. The largest absolute Gasteiger partial charge is 0.491 e. The second kappa shape index (κ2) is 9.33. The zero-order valence-corrected chi connectivity index (χ0v) is 17.3. The van der Waals surface area contributed by atoms with Crippen LogP contribution in [0.1, 0.15) is 53.9 Å². The number of thiazole rings is 1. The van der Waals surface area contributed by atoms with Crippen molar-refractivity contribution in [3.05, 3.63) is 18.2 Å². The van der Waals surface area contributed by atoms with E-state index < -0.39 is 5.41 Å². The predicted octanol–water partition coefficient (Wildman–Crippen LogP) is 4.83. The number of rotatable bonds is 9. The van der Waals surface area contributed by atoms with E-state index in [2.05, 4.69) is 29.5 Å². The molecule has 2 aromatic rings. The number of aromatic nitrogens is 1. The number of amides is 1. The molecule has 2 rings (SSSR count). The molecule has 1 amide bonds. The van der Waals surface area contributed by atoms with Gasteiger partial charge in [0.1, 0.15) is 11.3 Å². The van der Waals surface area contributed by atoms with Crippen LogP contribution in [-0.4, -0.2) is 30.1 Å². The molecule has 5 nitrogen and oxygen atoms in total. The lowest BCUT2D eigenvalue weighted by Crippen LogP contribution is -2.27. The van der Waals surface area contributed by atoms with Crippen LogP contribution in [0.15, 0.2) is 18.2 Å². The highest BCUT2D eigenvalue weighted by molar-refractivity contribution is 7.22. The van der Waals surface area contributed by atoms with E-state index in [-0.39, 0.29) is 5.91 Å². The Morgan fingerprint density at radius 1 is 1.23 bits per heavy atom. The van der Waals surface area contributed by atoms with Gasteiger partial charge in [-0.25, -0.2) is 4.98 Å². The molecule has 0 radical (unpaired) electrons. The number of anilines is 1. The summed E-state index contributed by atoms with van der Waals surface area (Å²) >= 11 is 1.48. The Balaban J connectivity index is 1.89. The van der Waals surface area contributed by atoms with Crippen molar-refractivity contribution in [2.45, 2.75) is 59.9 Å². The van der Waals surface area contributed by atoms with Crippen LogP contribution in [0.4, 0.5) is 5.13 Å². The van der Waals surface area contributed by atoms with Crippen LogP contribution in [0.5, 0.6) is 5.75 Å².